The van der Waals surface area contributed by atoms with Crippen molar-refractivity contribution in [2.45, 2.75) is 32.4 Å². The molecule has 1 unspecified atom stereocenters. The number of nitrogens with one attached hydrogen (secondary N) is 1. The summed E-state index contributed by atoms with van der Waals surface area (Å²) in [6, 6.07) is 8.63. The Labute approximate surface area is 155 Å². The Balaban J connectivity index is 1.78. The van der Waals surface area contributed by atoms with Crippen molar-refractivity contribution in [3.8, 4) is 5.75 Å². The van der Waals surface area contributed by atoms with E-state index in [0.717, 1.165) is 5.56 Å². The van der Waals surface area contributed by atoms with E-state index in [4.69, 9.17) is 0 Å². The molecule has 8 heteroatoms. The Morgan fingerprint density at radius 2 is 2.07 bits per heavy atom. The Kier molecular flexibility index (Phi) is 5.63. The lowest BCUT2D eigenvalue weighted by molar-refractivity contribution is -0.119. The number of aryl methyl sites for hydroxylation is 1. The maximum atomic E-state index is 12.9. The second kappa shape index (κ2) is 8.11. The molecule has 1 aliphatic heterocycles. The minimum absolute atomic E-state index is 0.00572. The van der Waals surface area contributed by atoms with E-state index >= 15 is 0 Å². The number of hydrogen-bond acceptors (Lipinski definition) is 4. The van der Waals surface area contributed by atoms with Crippen LogP contribution in [0.1, 0.15) is 28.8 Å². The molecule has 1 N–H and O–H groups in total. The molecule has 0 radical (unpaired) electrons. The molecular formula is C19H19F2N3O3. The first-order chi connectivity index (χ1) is 13.0. The number of hydrogen-bond donors (Lipinski definition) is 1. The average Bonchev–Trinajstić information content (AvgIpc) is 3.11. The lowest BCUT2D eigenvalue weighted by Gasteiger charge is -2.24. The van der Waals surface area contributed by atoms with Crippen LogP contribution in [0.4, 0.5) is 14.6 Å². The molecule has 1 fully saturated rings. The number of carbonyl (C=O) groups is 2. The van der Waals surface area contributed by atoms with Gasteiger partial charge in [0.2, 0.25) is 5.91 Å². The van der Waals surface area contributed by atoms with Crippen LogP contribution in [-0.4, -0.2) is 40.9 Å². The van der Waals surface area contributed by atoms with E-state index < -0.39 is 18.6 Å². The van der Waals surface area contributed by atoms with Crippen molar-refractivity contribution in [3.05, 3.63) is 53.7 Å². The highest BCUT2D eigenvalue weighted by molar-refractivity contribution is 6.02. The molecule has 1 saturated heterocycles. The van der Waals surface area contributed by atoms with Crippen molar-refractivity contribution >= 4 is 17.6 Å². The normalized spacial score (nSPS) is 16.4. The molecule has 2 amide bonds. The van der Waals surface area contributed by atoms with Crippen LogP contribution in [0.15, 0.2) is 42.6 Å². The molecule has 2 aromatic rings. The predicted octanol–water partition coefficient (Wildman–Crippen LogP) is 3.23. The first kappa shape index (κ1) is 18.8. The third kappa shape index (κ3) is 4.39. The summed E-state index contributed by atoms with van der Waals surface area (Å²) in [4.78, 5) is 31.0. The van der Waals surface area contributed by atoms with E-state index in [9.17, 15) is 18.4 Å². The molecule has 1 atom stereocenters. The SMILES string of the molecule is Cc1ccnc(NC(=O)C2CCCN2C(=O)c2ccccc2OC(F)F)c1. The van der Waals surface area contributed by atoms with Gasteiger partial charge in [-0.05, 0) is 49.6 Å². The highest BCUT2D eigenvalue weighted by Gasteiger charge is 2.35. The molecule has 1 aliphatic rings. The zero-order chi connectivity index (χ0) is 19.4. The van der Waals surface area contributed by atoms with Gasteiger partial charge in [0.05, 0.1) is 5.56 Å². The van der Waals surface area contributed by atoms with Crippen molar-refractivity contribution in [2.75, 3.05) is 11.9 Å². The molecular weight excluding hydrogens is 356 g/mol. The zero-order valence-corrected chi connectivity index (χ0v) is 14.7. The minimum atomic E-state index is -3.04. The van der Waals surface area contributed by atoms with Crippen molar-refractivity contribution in [1.82, 2.24) is 9.88 Å². The van der Waals surface area contributed by atoms with Gasteiger partial charge in [0.1, 0.15) is 17.6 Å². The number of nitrogens with zero attached hydrogens (tertiary/aromatic N) is 2. The molecule has 3 rings (SSSR count). The highest BCUT2D eigenvalue weighted by Crippen LogP contribution is 2.27. The number of rotatable bonds is 5. The maximum absolute atomic E-state index is 12.9. The molecule has 0 bridgehead atoms. The number of para-hydroxylation sites is 1. The fourth-order valence-corrected chi connectivity index (χ4v) is 3.09. The summed E-state index contributed by atoms with van der Waals surface area (Å²) in [5.41, 5.74) is 0.948. The Morgan fingerprint density at radius 1 is 1.30 bits per heavy atom. The highest BCUT2D eigenvalue weighted by atomic mass is 19.3. The number of likely N-dealkylation sites (tertiary alicyclic amines) is 1. The third-order valence-electron chi connectivity index (χ3n) is 4.32. The molecule has 1 aromatic heterocycles. The van der Waals surface area contributed by atoms with Gasteiger partial charge in [0.25, 0.3) is 5.91 Å². The summed E-state index contributed by atoms with van der Waals surface area (Å²) in [5, 5.41) is 2.71. The van der Waals surface area contributed by atoms with E-state index in [0.29, 0.717) is 25.2 Å². The van der Waals surface area contributed by atoms with Gasteiger partial charge in [-0.1, -0.05) is 12.1 Å². The summed E-state index contributed by atoms with van der Waals surface area (Å²) < 4.78 is 29.6. The molecule has 27 heavy (non-hydrogen) atoms. The summed E-state index contributed by atoms with van der Waals surface area (Å²) in [6.07, 6.45) is 2.71. The minimum Gasteiger partial charge on any atom is -0.434 e. The summed E-state index contributed by atoms with van der Waals surface area (Å²) in [5.74, 6) is -0.669. The number of ether oxygens (including phenoxy) is 1. The predicted molar refractivity (Wildman–Crippen MR) is 94.7 cm³/mol. The smallest absolute Gasteiger partial charge is 0.387 e. The number of carbonyl (C=O) groups excluding carboxylic acids is 2. The van der Waals surface area contributed by atoms with Crippen molar-refractivity contribution in [1.29, 1.82) is 0 Å². The average molecular weight is 375 g/mol. The Morgan fingerprint density at radius 3 is 2.81 bits per heavy atom. The van der Waals surface area contributed by atoms with Gasteiger partial charge >= 0.3 is 6.61 Å². The van der Waals surface area contributed by atoms with Gasteiger partial charge in [-0.15, -0.1) is 0 Å². The fraction of sp³-hybridized carbons (Fsp3) is 0.316. The van der Waals surface area contributed by atoms with E-state index in [1.54, 1.807) is 24.4 Å². The van der Waals surface area contributed by atoms with Crippen LogP contribution in [0.3, 0.4) is 0 Å². The van der Waals surface area contributed by atoms with E-state index in [1.807, 2.05) is 6.92 Å². The first-order valence-electron chi connectivity index (χ1n) is 8.54. The van der Waals surface area contributed by atoms with Gasteiger partial charge in [-0.25, -0.2) is 4.98 Å². The van der Waals surface area contributed by atoms with Crippen LogP contribution in [0.5, 0.6) is 5.75 Å². The molecule has 0 spiro atoms. The molecule has 6 nitrogen and oxygen atoms in total. The summed E-state index contributed by atoms with van der Waals surface area (Å²) in [7, 11) is 0. The van der Waals surface area contributed by atoms with Crippen LogP contribution in [-0.2, 0) is 4.79 Å². The van der Waals surface area contributed by atoms with Crippen molar-refractivity contribution in [3.63, 3.8) is 0 Å². The molecule has 0 saturated carbocycles. The third-order valence-corrected chi connectivity index (χ3v) is 4.32. The molecule has 2 heterocycles. The number of anilines is 1. The number of benzene rings is 1. The topological polar surface area (TPSA) is 71.5 Å². The van der Waals surface area contributed by atoms with Crippen molar-refractivity contribution < 1.29 is 23.1 Å². The van der Waals surface area contributed by atoms with Gasteiger partial charge in [0.15, 0.2) is 0 Å². The number of alkyl halides is 2. The van der Waals surface area contributed by atoms with E-state index in [2.05, 4.69) is 15.0 Å². The number of pyridine rings is 1. The summed E-state index contributed by atoms with van der Waals surface area (Å²) >= 11 is 0. The van der Waals surface area contributed by atoms with Crippen LogP contribution >= 0.6 is 0 Å². The second-order valence-electron chi connectivity index (χ2n) is 6.24. The standard InChI is InChI=1S/C19H19F2N3O3/c1-12-8-9-22-16(11-12)23-17(25)14-6-4-10-24(14)18(26)13-5-2-3-7-15(13)27-19(20)21/h2-3,5,7-9,11,14,19H,4,6,10H2,1H3,(H,22,23,25). The van der Waals surface area contributed by atoms with Gasteiger partial charge < -0.3 is 15.0 Å². The molecule has 1 aromatic carbocycles. The van der Waals surface area contributed by atoms with Crippen LogP contribution in [0, 0.1) is 6.92 Å². The van der Waals surface area contributed by atoms with Crippen LogP contribution < -0.4 is 10.1 Å². The fourth-order valence-electron chi connectivity index (χ4n) is 3.09. The Bertz CT molecular complexity index is 844. The van der Waals surface area contributed by atoms with Gasteiger partial charge in [-0.3, -0.25) is 9.59 Å². The Hall–Kier alpha value is -3.03. The van der Waals surface area contributed by atoms with Crippen LogP contribution in [0.2, 0.25) is 0 Å². The number of aromatic nitrogens is 1. The maximum Gasteiger partial charge on any atom is 0.387 e. The quantitative estimate of drug-likeness (QED) is 0.871. The van der Waals surface area contributed by atoms with Crippen LogP contribution in [0.25, 0.3) is 0 Å². The first-order valence-corrected chi connectivity index (χ1v) is 8.54. The largest absolute Gasteiger partial charge is 0.434 e. The van der Waals surface area contributed by atoms with E-state index in [-0.39, 0.29) is 17.2 Å². The zero-order valence-electron chi connectivity index (χ0n) is 14.7. The summed E-state index contributed by atoms with van der Waals surface area (Å²) in [6.45, 7) is -0.798. The monoisotopic (exact) mass is 375 g/mol. The van der Waals surface area contributed by atoms with Crippen molar-refractivity contribution in [2.24, 2.45) is 0 Å². The van der Waals surface area contributed by atoms with E-state index in [1.165, 1.54) is 23.1 Å². The second-order valence-corrected chi connectivity index (χ2v) is 6.24. The number of amides is 2. The van der Waals surface area contributed by atoms with Gasteiger partial charge in [0, 0.05) is 12.7 Å². The lowest BCUT2D eigenvalue weighted by Crippen LogP contribution is -2.43. The molecule has 142 valence electrons. The molecule has 0 aliphatic carbocycles. The van der Waals surface area contributed by atoms with Gasteiger partial charge in [-0.2, -0.15) is 8.78 Å². The number of halogens is 2. The lowest BCUT2D eigenvalue weighted by atomic mass is 10.1.